The van der Waals surface area contributed by atoms with Crippen LogP contribution in [0.2, 0.25) is 0 Å². The normalized spacial score (nSPS) is 11.8. The van der Waals surface area contributed by atoms with E-state index in [1.807, 2.05) is 6.07 Å². The molecule has 0 aliphatic heterocycles. The minimum atomic E-state index is -4.56. The number of fused-ring (bicyclic) bond motifs is 3. The van der Waals surface area contributed by atoms with Crippen molar-refractivity contribution < 1.29 is 22.4 Å². The molecular formula is C24H14F3N3O3. The van der Waals surface area contributed by atoms with Crippen molar-refractivity contribution in [1.82, 2.24) is 9.55 Å². The first-order chi connectivity index (χ1) is 15.7. The minimum absolute atomic E-state index is 0.0253. The molecule has 33 heavy (non-hydrogen) atoms. The van der Waals surface area contributed by atoms with Gasteiger partial charge < -0.3 is 10.2 Å². The number of nitrogens with two attached hydrogens (primary N) is 1. The van der Waals surface area contributed by atoms with Crippen LogP contribution in [0.4, 0.5) is 13.2 Å². The van der Waals surface area contributed by atoms with Crippen LogP contribution < -0.4 is 11.5 Å². The number of aromatic nitrogens is 2. The van der Waals surface area contributed by atoms with Crippen LogP contribution in [0.15, 0.2) is 82.1 Å². The molecule has 1 amide bonds. The summed E-state index contributed by atoms with van der Waals surface area (Å²) >= 11 is 0. The average molecular weight is 449 g/mol. The SMILES string of the molecule is NC(=O)c1ccc(-c2ccc3ncc4oc(=O)n(-c5cccc(C(F)(F)F)c5)c4c3c2)cc1. The fourth-order valence-corrected chi connectivity index (χ4v) is 3.76. The second kappa shape index (κ2) is 7.33. The van der Waals surface area contributed by atoms with E-state index in [4.69, 9.17) is 10.2 Å². The van der Waals surface area contributed by atoms with Crippen molar-refractivity contribution in [2.24, 2.45) is 5.73 Å². The van der Waals surface area contributed by atoms with Gasteiger partial charge in [0, 0.05) is 10.9 Å². The number of carbonyl (C=O) groups is 1. The molecule has 164 valence electrons. The molecule has 3 aromatic carbocycles. The monoisotopic (exact) mass is 449 g/mol. The number of pyridine rings is 1. The summed E-state index contributed by atoms with van der Waals surface area (Å²) in [5, 5.41) is 0.521. The van der Waals surface area contributed by atoms with Crippen LogP contribution >= 0.6 is 0 Å². The van der Waals surface area contributed by atoms with Crippen LogP contribution in [0.5, 0.6) is 0 Å². The number of benzene rings is 3. The van der Waals surface area contributed by atoms with Crippen molar-refractivity contribution in [2.75, 3.05) is 0 Å². The van der Waals surface area contributed by atoms with Gasteiger partial charge in [0.2, 0.25) is 5.91 Å². The molecule has 2 N–H and O–H groups in total. The number of rotatable bonds is 3. The van der Waals surface area contributed by atoms with Gasteiger partial charge in [-0.1, -0.05) is 24.3 Å². The smallest absolute Gasteiger partial charge is 0.406 e. The van der Waals surface area contributed by atoms with Gasteiger partial charge in [0.05, 0.1) is 23.0 Å². The Bertz CT molecular complexity index is 1600. The van der Waals surface area contributed by atoms with E-state index in [-0.39, 0.29) is 11.3 Å². The van der Waals surface area contributed by atoms with E-state index in [1.54, 1.807) is 36.4 Å². The van der Waals surface area contributed by atoms with Crippen LogP contribution in [0.3, 0.4) is 0 Å². The van der Waals surface area contributed by atoms with Crippen LogP contribution in [0.1, 0.15) is 15.9 Å². The average Bonchev–Trinajstić information content (AvgIpc) is 3.14. The number of amides is 1. The molecule has 0 radical (unpaired) electrons. The highest BCUT2D eigenvalue weighted by molar-refractivity contribution is 6.03. The Balaban J connectivity index is 1.75. The summed E-state index contributed by atoms with van der Waals surface area (Å²) in [6.45, 7) is 0. The van der Waals surface area contributed by atoms with E-state index >= 15 is 0 Å². The first kappa shape index (κ1) is 20.5. The molecule has 9 heteroatoms. The molecule has 0 atom stereocenters. The first-order valence-electron chi connectivity index (χ1n) is 9.74. The molecule has 6 nitrogen and oxygen atoms in total. The third kappa shape index (κ3) is 3.53. The lowest BCUT2D eigenvalue weighted by atomic mass is 10.0. The summed E-state index contributed by atoms with van der Waals surface area (Å²) in [4.78, 5) is 28.3. The first-order valence-corrected chi connectivity index (χ1v) is 9.74. The van der Waals surface area contributed by atoms with Gasteiger partial charge in [0.15, 0.2) is 5.58 Å². The zero-order valence-corrected chi connectivity index (χ0v) is 16.8. The summed E-state index contributed by atoms with van der Waals surface area (Å²) in [6, 6.07) is 16.4. The number of alkyl halides is 3. The summed E-state index contributed by atoms with van der Waals surface area (Å²) < 4.78 is 46.1. The number of primary amides is 1. The largest absolute Gasteiger partial charge is 0.424 e. The maximum absolute atomic E-state index is 13.2. The highest BCUT2D eigenvalue weighted by Gasteiger charge is 2.31. The van der Waals surface area contributed by atoms with E-state index in [1.165, 1.54) is 18.3 Å². The molecule has 0 bridgehead atoms. The quantitative estimate of drug-likeness (QED) is 0.423. The van der Waals surface area contributed by atoms with Gasteiger partial charge in [0.25, 0.3) is 0 Å². The standard InChI is InChI=1S/C24H14F3N3O3/c25-24(26,27)16-2-1-3-17(11-16)30-21-18-10-15(13-4-6-14(7-5-13)22(28)31)8-9-19(18)29-12-20(21)33-23(30)32/h1-12H,(H2,28,31). The van der Waals surface area contributed by atoms with Gasteiger partial charge in [-0.3, -0.25) is 9.78 Å². The number of carbonyl (C=O) groups excluding carboxylic acids is 1. The van der Waals surface area contributed by atoms with Crippen LogP contribution in [0, 0.1) is 0 Å². The molecule has 5 aromatic rings. The third-order valence-electron chi connectivity index (χ3n) is 5.34. The Hall–Kier alpha value is -4.40. The highest BCUT2D eigenvalue weighted by atomic mass is 19.4. The van der Waals surface area contributed by atoms with Crippen LogP contribution in [-0.4, -0.2) is 15.5 Å². The van der Waals surface area contributed by atoms with Crippen molar-refractivity contribution in [3.63, 3.8) is 0 Å². The lowest BCUT2D eigenvalue weighted by molar-refractivity contribution is -0.137. The Labute approximate surface area is 183 Å². The molecule has 0 saturated carbocycles. The second-order valence-electron chi connectivity index (χ2n) is 7.40. The van der Waals surface area contributed by atoms with Gasteiger partial charge in [-0.15, -0.1) is 0 Å². The molecular weight excluding hydrogens is 435 g/mol. The molecule has 0 aliphatic carbocycles. The Kier molecular flexibility index (Phi) is 4.56. The fraction of sp³-hybridized carbons (Fsp3) is 0.0417. The molecule has 0 spiro atoms. The van der Waals surface area contributed by atoms with Gasteiger partial charge in [-0.2, -0.15) is 13.2 Å². The molecule has 0 saturated heterocycles. The Morgan fingerprint density at radius 1 is 0.970 bits per heavy atom. The summed E-state index contributed by atoms with van der Waals surface area (Å²) in [5.74, 6) is -1.37. The van der Waals surface area contributed by atoms with Crippen molar-refractivity contribution in [3.8, 4) is 16.8 Å². The van der Waals surface area contributed by atoms with Crippen molar-refractivity contribution in [3.05, 3.63) is 94.6 Å². The number of halogens is 3. The molecule has 0 aliphatic rings. The molecule has 2 heterocycles. The summed E-state index contributed by atoms with van der Waals surface area (Å²) in [6.07, 6.45) is -3.20. The second-order valence-corrected chi connectivity index (χ2v) is 7.40. The van der Waals surface area contributed by atoms with Crippen LogP contribution in [-0.2, 0) is 6.18 Å². The van der Waals surface area contributed by atoms with Gasteiger partial charge in [-0.05, 0) is 53.6 Å². The summed E-state index contributed by atoms with van der Waals surface area (Å²) in [7, 11) is 0. The van der Waals surface area contributed by atoms with E-state index in [0.29, 0.717) is 22.0 Å². The molecule has 0 fully saturated rings. The lowest BCUT2D eigenvalue weighted by Crippen LogP contribution is -2.13. The zero-order valence-electron chi connectivity index (χ0n) is 16.8. The van der Waals surface area contributed by atoms with Crippen molar-refractivity contribution in [1.29, 1.82) is 0 Å². The number of hydrogen-bond acceptors (Lipinski definition) is 4. The fourth-order valence-electron chi connectivity index (χ4n) is 3.76. The van der Waals surface area contributed by atoms with Gasteiger partial charge in [0.1, 0.15) is 5.52 Å². The zero-order chi connectivity index (χ0) is 23.3. The number of nitrogens with zero attached hydrogens (tertiary/aromatic N) is 2. The van der Waals surface area contributed by atoms with E-state index in [9.17, 15) is 22.8 Å². The third-order valence-corrected chi connectivity index (χ3v) is 5.34. The lowest BCUT2D eigenvalue weighted by Gasteiger charge is -2.10. The predicted octanol–water partition coefficient (Wildman–Crippen LogP) is 4.92. The topological polar surface area (TPSA) is 91.1 Å². The van der Waals surface area contributed by atoms with E-state index < -0.39 is 23.4 Å². The van der Waals surface area contributed by atoms with Crippen molar-refractivity contribution in [2.45, 2.75) is 6.18 Å². The number of oxazole rings is 1. The Morgan fingerprint density at radius 3 is 2.39 bits per heavy atom. The van der Waals surface area contributed by atoms with Crippen LogP contribution in [0.25, 0.3) is 38.8 Å². The Morgan fingerprint density at radius 2 is 1.70 bits per heavy atom. The van der Waals surface area contributed by atoms with Gasteiger partial charge >= 0.3 is 11.9 Å². The maximum atomic E-state index is 13.2. The molecule has 0 unspecified atom stereocenters. The predicted molar refractivity (Wildman–Crippen MR) is 116 cm³/mol. The molecule has 2 aromatic heterocycles. The van der Waals surface area contributed by atoms with E-state index in [0.717, 1.165) is 27.8 Å². The van der Waals surface area contributed by atoms with Gasteiger partial charge in [-0.25, -0.2) is 9.36 Å². The minimum Gasteiger partial charge on any atom is -0.406 e. The maximum Gasteiger partial charge on any atom is 0.424 e. The van der Waals surface area contributed by atoms with Crippen molar-refractivity contribution >= 4 is 27.9 Å². The molecule has 5 rings (SSSR count). The highest BCUT2D eigenvalue weighted by Crippen LogP contribution is 2.33. The summed E-state index contributed by atoms with van der Waals surface area (Å²) in [5.41, 5.74) is 7.29. The number of hydrogen-bond donors (Lipinski definition) is 1. The van der Waals surface area contributed by atoms with E-state index in [2.05, 4.69) is 4.98 Å².